The van der Waals surface area contributed by atoms with E-state index in [-0.39, 0.29) is 11.4 Å². The van der Waals surface area contributed by atoms with Crippen LogP contribution in [-0.2, 0) is 0 Å². The van der Waals surface area contributed by atoms with Crippen LogP contribution in [0.2, 0.25) is 0 Å². The molecule has 3 heterocycles. The maximum Gasteiger partial charge on any atom is 0.165 e. The van der Waals surface area contributed by atoms with Gasteiger partial charge < -0.3 is 9.13 Å². The van der Waals surface area contributed by atoms with Crippen LogP contribution in [0.5, 0.6) is 0 Å². The zero-order chi connectivity index (χ0) is 63.1. The standard InChI is InChI=1S/C78H36N14/c79-37-46-11-19-61(56(27-46)41-83)52-15-23-70-66(31-52)67-32-53(62-20-12-47(38-80)28-57(62)42-84)16-24-71(67)91(70)74-35-60(45-87)65(78-89-76(50-7-3-1-4-8-50)88-77(90-78)51-9-5-2-6-10-51)36-75(74)92-72-25-17-54(63-21-13-48(39-81)29-58(63)43-85)33-68(72)69-34-55(18-26-73(69)92)64-22-14-49(40-82)30-59(64)44-86/h1-36H. The minimum absolute atomic E-state index is 0.212. The van der Waals surface area contributed by atoms with Gasteiger partial charge in [-0.3, -0.25) is 0 Å². The van der Waals surface area contributed by atoms with Crippen LogP contribution in [0.3, 0.4) is 0 Å². The largest absolute Gasteiger partial charge is 0.307 e. The zero-order valence-electron chi connectivity index (χ0n) is 48.0. The molecule has 0 bridgehead atoms. The highest BCUT2D eigenvalue weighted by molar-refractivity contribution is 6.14. The average molecular weight is 1170 g/mol. The van der Waals surface area contributed by atoms with Gasteiger partial charge in [0.2, 0.25) is 0 Å². The molecule has 0 fully saturated rings. The molecule has 0 saturated carbocycles. The monoisotopic (exact) mass is 1170 g/mol. The van der Waals surface area contributed by atoms with E-state index in [1.807, 2.05) is 146 Å². The van der Waals surface area contributed by atoms with Crippen LogP contribution in [0, 0.1) is 102 Å². The van der Waals surface area contributed by atoms with E-state index in [0.29, 0.717) is 140 Å². The molecule has 11 aromatic carbocycles. The Bertz CT molecular complexity index is 5620. The molecule has 418 valence electrons. The van der Waals surface area contributed by atoms with Crippen molar-refractivity contribution in [3.05, 3.63) is 268 Å². The van der Waals surface area contributed by atoms with Crippen molar-refractivity contribution in [1.82, 2.24) is 24.1 Å². The van der Waals surface area contributed by atoms with E-state index in [0.717, 1.165) is 32.7 Å². The molecule has 14 rings (SSSR count). The van der Waals surface area contributed by atoms with Gasteiger partial charge in [0.25, 0.3) is 0 Å². The molecule has 0 saturated heterocycles. The van der Waals surface area contributed by atoms with Crippen molar-refractivity contribution >= 4 is 43.6 Å². The summed E-state index contributed by atoms with van der Waals surface area (Å²) in [7, 11) is 0. The fourth-order valence-electron chi connectivity index (χ4n) is 12.2. The summed E-state index contributed by atoms with van der Waals surface area (Å²) in [6.45, 7) is 0. The van der Waals surface area contributed by atoms with Crippen molar-refractivity contribution in [3.8, 4) is 145 Å². The summed E-state index contributed by atoms with van der Waals surface area (Å²) in [4.78, 5) is 15.3. The lowest BCUT2D eigenvalue weighted by Crippen LogP contribution is -2.07. The predicted molar refractivity (Wildman–Crippen MR) is 349 cm³/mol. The van der Waals surface area contributed by atoms with Gasteiger partial charge in [-0.15, -0.1) is 0 Å². The second kappa shape index (κ2) is 22.7. The van der Waals surface area contributed by atoms with Gasteiger partial charge in [0.05, 0.1) is 138 Å². The third kappa shape index (κ3) is 9.35. The van der Waals surface area contributed by atoms with Crippen LogP contribution < -0.4 is 0 Å². The van der Waals surface area contributed by atoms with E-state index in [1.54, 1.807) is 72.8 Å². The van der Waals surface area contributed by atoms with E-state index >= 15 is 0 Å². The third-order valence-electron chi connectivity index (χ3n) is 16.5. The summed E-state index contributed by atoms with van der Waals surface area (Å²) in [5, 5.41) is 96.1. The molecule has 0 aliphatic heterocycles. The first-order valence-corrected chi connectivity index (χ1v) is 28.6. The van der Waals surface area contributed by atoms with Gasteiger partial charge in [-0.2, -0.15) is 47.4 Å². The van der Waals surface area contributed by atoms with Crippen LogP contribution in [-0.4, -0.2) is 24.1 Å². The van der Waals surface area contributed by atoms with E-state index in [1.165, 1.54) is 0 Å². The molecule has 92 heavy (non-hydrogen) atoms. The second-order valence-electron chi connectivity index (χ2n) is 21.6. The normalized spacial score (nSPS) is 10.7. The van der Waals surface area contributed by atoms with Crippen LogP contribution in [0.4, 0.5) is 0 Å². The van der Waals surface area contributed by atoms with Crippen molar-refractivity contribution in [2.45, 2.75) is 0 Å². The Morgan fingerprint density at radius 2 is 0.511 bits per heavy atom. The molecule has 0 aliphatic rings. The van der Waals surface area contributed by atoms with Gasteiger partial charge in [-0.1, -0.05) is 109 Å². The van der Waals surface area contributed by atoms with Crippen molar-refractivity contribution in [1.29, 1.82) is 47.4 Å². The minimum atomic E-state index is 0.212. The third-order valence-corrected chi connectivity index (χ3v) is 16.5. The van der Waals surface area contributed by atoms with Crippen LogP contribution >= 0.6 is 0 Å². The van der Waals surface area contributed by atoms with Gasteiger partial charge in [0, 0.05) is 38.2 Å². The van der Waals surface area contributed by atoms with Gasteiger partial charge >= 0.3 is 0 Å². The van der Waals surface area contributed by atoms with Crippen LogP contribution in [0.15, 0.2) is 218 Å². The Hall–Kier alpha value is -14.6. The van der Waals surface area contributed by atoms with Gasteiger partial charge in [-0.05, 0) is 154 Å². The summed E-state index contributed by atoms with van der Waals surface area (Å²) in [5.41, 5.74) is 13.5. The van der Waals surface area contributed by atoms with Gasteiger partial charge in [0.15, 0.2) is 17.5 Å². The topological polar surface area (TPSA) is 263 Å². The Kier molecular flexibility index (Phi) is 13.6. The number of fused-ring (bicyclic) bond motifs is 6. The SMILES string of the molecule is N#Cc1ccc(-c2ccc3c(c2)c2cc(-c4ccc(C#N)cc4C#N)ccc2n3-c2cc(C#N)c(-c3nc(-c4ccccc4)nc(-c4ccccc4)n3)cc2-n2c3ccc(-c4ccc(C#N)cc4C#N)cc3c3cc(-c4ccc(C#N)cc4C#N)ccc32)c(C#N)c1. The number of aromatic nitrogens is 5. The summed E-state index contributed by atoms with van der Waals surface area (Å²) < 4.78 is 4.19. The maximum absolute atomic E-state index is 11.7. The molecule has 0 unspecified atom stereocenters. The molecule has 0 radical (unpaired) electrons. The molecule has 14 heteroatoms. The van der Waals surface area contributed by atoms with Gasteiger partial charge in [0.1, 0.15) is 0 Å². The Labute approximate surface area is 525 Å². The van der Waals surface area contributed by atoms with Crippen molar-refractivity contribution in [2.24, 2.45) is 0 Å². The highest BCUT2D eigenvalue weighted by atomic mass is 15.1. The first kappa shape index (κ1) is 55.3. The van der Waals surface area contributed by atoms with E-state index in [2.05, 4.69) is 63.8 Å². The highest BCUT2D eigenvalue weighted by Crippen LogP contribution is 2.45. The molecule has 14 aromatic rings. The summed E-state index contributed by atoms with van der Waals surface area (Å²) in [5.74, 6) is 0.959. The number of benzene rings is 11. The van der Waals surface area contributed by atoms with E-state index in [4.69, 9.17) is 15.0 Å². The quantitative estimate of drug-likeness (QED) is 0.131. The molecule has 3 aromatic heterocycles. The number of hydrogen-bond acceptors (Lipinski definition) is 12. The van der Waals surface area contributed by atoms with E-state index in [9.17, 15) is 47.4 Å². The fourth-order valence-corrected chi connectivity index (χ4v) is 12.2. The lowest BCUT2D eigenvalue weighted by molar-refractivity contribution is 1.06. The second-order valence-corrected chi connectivity index (χ2v) is 21.6. The summed E-state index contributed by atoms with van der Waals surface area (Å²) in [6, 6.07) is 86.5. The molecule has 0 aliphatic carbocycles. The molecule has 0 N–H and O–H groups in total. The maximum atomic E-state index is 11.7. The molecule has 14 nitrogen and oxygen atoms in total. The van der Waals surface area contributed by atoms with Gasteiger partial charge in [-0.25, -0.2) is 15.0 Å². The summed E-state index contributed by atoms with van der Waals surface area (Å²) >= 11 is 0. The number of hydrogen-bond donors (Lipinski definition) is 0. The molecular weight excluding hydrogens is 1130 g/mol. The molecule has 0 amide bonds. The molecular formula is C78H36N14. The minimum Gasteiger partial charge on any atom is -0.307 e. The Morgan fingerprint density at radius 1 is 0.228 bits per heavy atom. The zero-order valence-corrected chi connectivity index (χ0v) is 48.0. The molecule has 0 atom stereocenters. The number of rotatable bonds is 9. The van der Waals surface area contributed by atoms with Crippen molar-refractivity contribution in [2.75, 3.05) is 0 Å². The van der Waals surface area contributed by atoms with Crippen molar-refractivity contribution < 1.29 is 0 Å². The Morgan fingerprint density at radius 3 is 0.804 bits per heavy atom. The average Bonchev–Trinajstić information content (AvgIpc) is 1.55. The predicted octanol–water partition coefficient (Wildman–Crippen LogP) is 16.6. The first-order valence-electron chi connectivity index (χ1n) is 28.6. The lowest BCUT2D eigenvalue weighted by Gasteiger charge is -2.20. The van der Waals surface area contributed by atoms with Crippen molar-refractivity contribution in [3.63, 3.8) is 0 Å². The number of nitrogens with zero attached hydrogens (tertiary/aromatic N) is 14. The lowest BCUT2D eigenvalue weighted by atomic mass is 9.95. The first-order chi connectivity index (χ1) is 45.2. The fraction of sp³-hybridized carbons (Fsp3) is 0. The molecule has 0 spiro atoms. The van der Waals surface area contributed by atoms with Crippen LogP contribution in [0.1, 0.15) is 50.1 Å². The smallest absolute Gasteiger partial charge is 0.165 e. The summed E-state index contributed by atoms with van der Waals surface area (Å²) in [6.07, 6.45) is 0. The highest BCUT2D eigenvalue weighted by Gasteiger charge is 2.27. The Balaban J connectivity index is 1.13. The van der Waals surface area contributed by atoms with Crippen LogP contribution in [0.25, 0.3) is 134 Å². The van der Waals surface area contributed by atoms with E-state index < -0.39 is 0 Å². The number of nitriles is 9.